The van der Waals surface area contributed by atoms with E-state index in [0.29, 0.717) is 13.1 Å². The van der Waals surface area contributed by atoms with Crippen molar-refractivity contribution in [3.63, 3.8) is 0 Å². The highest BCUT2D eigenvalue weighted by molar-refractivity contribution is 5.76. The highest BCUT2D eigenvalue weighted by atomic mass is 16.5. The number of aromatic nitrogens is 2. The lowest BCUT2D eigenvalue weighted by Gasteiger charge is -2.32. The zero-order chi connectivity index (χ0) is 16.9. The van der Waals surface area contributed by atoms with Crippen molar-refractivity contribution in [2.45, 2.75) is 38.8 Å². The van der Waals surface area contributed by atoms with Crippen LogP contribution in [0.15, 0.2) is 24.3 Å². The molecule has 1 fully saturated rings. The summed E-state index contributed by atoms with van der Waals surface area (Å²) in [7, 11) is 1.98. The fraction of sp³-hybridized carbons (Fsp3) is 0.556. The Morgan fingerprint density at radius 1 is 1.42 bits per heavy atom. The number of nitrogens with zero attached hydrogens (tertiary/aromatic N) is 3. The first-order chi connectivity index (χ1) is 11.7. The van der Waals surface area contributed by atoms with E-state index in [0.717, 1.165) is 49.3 Å². The standard InChI is InChI=1S/C18H26N4O2/c1-3-11-24-14-7-6-10-22(13-14)18(23)19-12-17-20-15-8-4-5-9-16(15)21(17)2/h4-5,8-9,14H,3,6-7,10-13H2,1-2H3,(H,19,23)/t14-/m0/s1. The number of piperidine rings is 1. The molecule has 0 radical (unpaired) electrons. The number of likely N-dealkylation sites (tertiary alicyclic amines) is 1. The Labute approximate surface area is 142 Å². The summed E-state index contributed by atoms with van der Waals surface area (Å²) in [5.74, 6) is 0.861. The van der Waals surface area contributed by atoms with Gasteiger partial charge in [0, 0.05) is 26.7 Å². The van der Waals surface area contributed by atoms with Gasteiger partial charge in [0.05, 0.1) is 23.7 Å². The van der Waals surface area contributed by atoms with Gasteiger partial charge in [0.25, 0.3) is 0 Å². The van der Waals surface area contributed by atoms with Crippen molar-refractivity contribution in [1.29, 1.82) is 0 Å². The van der Waals surface area contributed by atoms with Crippen molar-refractivity contribution < 1.29 is 9.53 Å². The lowest BCUT2D eigenvalue weighted by atomic mass is 10.1. The number of urea groups is 1. The molecule has 6 nitrogen and oxygen atoms in total. The number of benzene rings is 1. The molecule has 0 aliphatic carbocycles. The molecule has 130 valence electrons. The molecule has 0 spiro atoms. The van der Waals surface area contributed by atoms with Crippen molar-refractivity contribution in [3.8, 4) is 0 Å². The molecule has 1 N–H and O–H groups in total. The van der Waals surface area contributed by atoms with Crippen LogP contribution < -0.4 is 5.32 Å². The third kappa shape index (κ3) is 3.70. The van der Waals surface area contributed by atoms with Gasteiger partial charge in [0.1, 0.15) is 5.82 Å². The minimum atomic E-state index is -0.0353. The van der Waals surface area contributed by atoms with E-state index >= 15 is 0 Å². The topological polar surface area (TPSA) is 59.4 Å². The lowest BCUT2D eigenvalue weighted by molar-refractivity contribution is 0.00999. The lowest BCUT2D eigenvalue weighted by Crippen LogP contribution is -2.47. The molecule has 1 atom stereocenters. The molecule has 1 aromatic carbocycles. The first-order valence-electron chi connectivity index (χ1n) is 8.73. The normalized spacial score (nSPS) is 18.1. The first kappa shape index (κ1) is 16.8. The van der Waals surface area contributed by atoms with E-state index in [9.17, 15) is 4.79 Å². The van der Waals surface area contributed by atoms with E-state index < -0.39 is 0 Å². The number of hydrogen-bond donors (Lipinski definition) is 1. The molecule has 1 saturated heterocycles. The fourth-order valence-corrected chi connectivity index (χ4v) is 3.16. The van der Waals surface area contributed by atoms with Crippen LogP contribution in [0.3, 0.4) is 0 Å². The monoisotopic (exact) mass is 330 g/mol. The number of nitrogens with one attached hydrogen (secondary N) is 1. The maximum atomic E-state index is 12.4. The molecule has 0 saturated carbocycles. The summed E-state index contributed by atoms with van der Waals surface area (Å²) in [6.45, 7) is 4.76. The largest absolute Gasteiger partial charge is 0.376 e. The summed E-state index contributed by atoms with van der Waals surface area (Å²) in [6.07, 6.45) is 3.21. The van der Waals surface area contributed by atoms with Crippen LogP contribution in [0.1, 0.15) is 32.0 Å². The number of aryl methyl sites for hydroxylation is 1. The summed E-state index contributed by atoms with van der Waals surface area (Å²) in [5, 5.41) is 3.00. The van der Waals surface area contributed by atoms with Crippen molar-refractivity contribution in [3.05, 3.63) is 30.1 Å². The van der Waals surface area contributed by atoms with Crippen molar-refractivity contribution in [2.24, 2.45) is 7.05 Å². The summed E-state index contributed by atoms with van der Waals surface area (Å²) < 4.78 is 7.82. The Morgan fingerprint density at radius 2 is 2.25 bits per heavy atom. The number of amides is 2. The number of rotatable bonds is 5. The molecule has 0 unspecified atom stereocenters. The summed E-state index contributed by atoms with van der Waals surface area (Å²) in [5.41, 5.74) is 2.03. The number of para-hydroxylation sites is 2. The number of hydrogen-bond acceptors (Lipinski definition) is 3. The number of carbonyl (C=O) groups is 1. The van der Waals surface area contributed by atoms with Crippen molar-refractivity contribution in [2.75, 3.05) is 19.7 Å². The minimum Gasteiger partial charge on any atom is -0.376 e. The number of imidazole rings is 1. The molecule has 3 rings (SSSR count). The third-order valence-corrected chi connectivity index (χ3v) is 4.50. The molecule has 2 heterocycles. The van der Waals surface area contributed by atoms with E-state index in [1.54, 1.807) is 0 Å². The summed E-state index contributed by atoms with van der Waals surface area (Å²) >= 11 is 0. The van der Waals surface area contributed by atoms with Crippen LogP contribution in [0.2, 0.25) is 0 Å². The van der Waals surface area contributed by atoms with E-state index in [1.165, 1.54) is 0 Å². The predicted molar refractivity (Wildman–Crippen MR) is 93.8 cm³/mol. The first-order valence-corrected chi connectivity index (χ1v) is 8.73. The quantitative estimate of drug-likeness (QED) is 0.917. The molecular weight excluding hydrogens is 304 g/mol. The average Bonchev–Trinajstić information content (AvgIpc) is 2.94. The van der Waals surface area contributed by atoms with Crippen molar-refractivity contribution in [1.82, 2.24) is 19.8 Å². The maximum Gasteiger partial charge on any atom is 0.317 e. The van der Waals surface area contributed by atoms with Gasteiger partial charge in [-0.15, -0.1) is 0 Å². The van der Waals surface area contributed by atoms with E-state index in [2.05, 4.69) is 17.2 Å². The summed E-state index contributed by atoms with van der Waals surface area (Å²) in [6, 6.07) is 7.96. The van der Waals surface area contributed by atoms with Crippen LogP contribution in [0, 0.1) is 0 Å². The summed E-state index contributed by atoms with van der Waals surface area (Å²) in [4.78, 5) is 18.9. The second-order valence-electron chi connectivity index (χ2n) is 6.32. The zero-order valence-electron chi connectivity index (χ0n) is 14.5. The van der Waals surface area contributed by atoms with Gasteiger partial charge in [-0.2, -0.15) is 0 Å². The van der Waals surface area contributed by atoms with Gasteiger partial charge >= 0.3 is 6.03 Å². The fourth-order valence-electron chi connectivity index (χ4n) is 3.16. The second-order valence-corrected chi connectivity index (χ2v) is 6.32. The predicted octanol–water partition coefficient (Wildman–Crippen LogP) is 2.67. The van der Waals surface area contributed by atoms with E-state index in [1.807, 2.05) is 40.8 Å². The van der Waals surface area contributed by atoms with E-state index in [4.69, 9.17) is 4.74 Å². The zero-order valence-corrected chi connectivity index (χ0v) is 14.5. The van der Waals surface area contributed by atoms with Gasteiger partial charge < -0.3 is 19.5 Å². The molecular formula is C18H26N4O2. The highest BCUT2D eigenvalue weighted by Gasteiger charge is 2.24. The van der Waals surface area contributed by atoms with Gasteiger partial charge in [-0.25, -0.2) is 9.78 Å². The third-order valence-electron chi connectivity index (χ3n) is 4.50. The Kier molecular flexibility index (Phi) is 5.35. The van der Waals surface area contributed by atoms with Crippen LogP contribution in [0.5, 0.6) is 0 Å². The number of ether oxygens (including phenoxy) is 1. The Balaban J connectivity index is 1.57. The Hall–Kier alpha value is -2.08. The SMILES string of the molecule is CCCO[C@H]1CCCN(C(=O)NCc2nc3ccccc3n2C)C1. The van der Waals surface area contributed by atoms with Gasteiger partial charge in [-0.3, -0.25) is 0 Å². The molecule has 1 aliphatic heterocycles. The van der Waals surface area contributed by atoms with E-state index in [-0.39, 0.29) is 12.1 Å². The number of carbonyl (C=O) groups excluding carboxylic acids is 1. The van der Waals surface area contributed by atoms with Crippen LogP contribution >= 0.6 is 0 Å². The smallest absolute Gasteiger partial charge is 0.317 e. The van der Waals surface area contributed by atoms with Gasteiger partial charge in [-0.05, 0) is 31.4 Å². The van der Waals surface area contributed by atoms with Crippen LogP contribution in [0.4, 0.5) is 4.79 Å². The van der Waals surface area contributed by atoms with Gasteiger partial charge in [0.15, 0.2) is 0 Å². The van der Waals surface area contributed by atoms with Crippen LogP contribution in [-0.2, 0) is 18.3 Å². The molecule has 0 bridgehead atoms. The second kappa shape index (κ2) is 7.66. The Morgan fingerprint density at radius 3 is 3.04 bits per heavy atom. The minimum absolute atomic E-state index is 0.0353. The maximum absolute atomic E-state index is 12.4. The van der Waals surface area contributed by atoms with Gasteiger partial charge in [0.2, 0.25) is 0 Å². The average molecular weight is 330 g/mol. The number of fused-ring (bicyclic) bond motifs is 1. The molecule has 2 aromatic rings. The van der Waals surface area contributed by atoms with Crippen LogP contribution in [-0.4, -0.2) is 46.3 Å². The van der Waals surface area contributed by atoms with Crippen molar-refractivity contribution >= 4 is 17.1 Å². The molecule has 1 aliphatic rings. The van der Waals surface area contributed by atoms with Crippen LogP contribution in [0.25, 0.3) is 11.0 Å². The molecule has 1 aromatic heterocycles. The molecule has 6 heteroatoms. The Bertz CT molecular complexity index is 697. The molecule has 2 amide bonds. The molecule has 24 heavy (non-hydrogen) atoms. The van der Waals surface area contributed by atoms with Gasteiger partial charge in [-0.1, -0.05) is 19.1 Å². The highest BCUT2D eigenvalue weighted by Crippen LogP contribution is 2.15.